The van der Waals surface area contributed by atoms with Crippen LogP contribution in [0.1, 0.15) is 31.7 Å². The van der Waals surface area contributed by atoms with Gasteiger partial charge in [0, 0.05) is 12.5 Å². The molecule has 0 unspecified atom stereocenters. The normalized spacial score (nSPS) is 31.0. The minimum Gasteiger partial charge on any atom is -0.462 e. The van der Waals surface area contributed by atoms with Crippen LogP contribution in [0.2, 0.25) is 0 Å². The molecule has 2 bridgehead atoms. The fourth-order valence-corrected chi connectivity index (χ4v) is 3.30. The summed E-state index contributed by atoms with van der Waals surface area (Å²) in [4.78, 5) is 24.1. The molecule has 8 heteroatoms. The van der Waals surface area contributed by atoms with E-state index in [1.807, 2.05) is 37.3 Å². The Morgan fingerprint density at radius 2 is 2.03 bits per heavy atom. The van der Waals surface area contributed by atoms with E-state index in [4.69, 9.17) is 18.9 Å². The van der Waals surface area contributed by atoms with E-state index in [1.54, 1.807) is 6.08 Å². The van der Waals surface area contributed by atoms with Gasteiger partial charge in [0.25, 0.3) is 5.79 Å². The molecule has 1 aromatic carbocycles. The number of carbonyl (C=O) groups is 2. The molecule has 3 rings (SSSR count). The van der Waals surface area contributed by atoms with Crippen molar-refractivity contribution in [1.82, 2.24) is 0 Å². The number of aliphatic hydroxyl groups is 2. The maximum absolute atomic E-state index is 12.2. The largest absolute Gasteiger partial charge is 0.462 e. The quantitative estimate of drug-likeness (QED) is 0.376. The molecule has 0 spiro atoms. The minimum absolute atomic E-state index is 0.175. The second-order valence-electron chi connectivity index (χ2n) is 7.14. The van der Waals surface area contributed by atoms with Crippen molar-refractivity contribution in [3.8, 4) is 0 Å². The van der Waals surface area contributed by atoms with Gasteiger partial charge in [0.05, 0.1) is 12.7 Å². The number of unbranched alkanes of at least 4 members (excludes halogenated alkanes) is 1. The zero-order valence-corrected chi connectivity index (χ0v) is 16.2. The highest BCUT2D eigenvalue weighted by Crippen LogP contribution is 2.38. The topological polar surface area (TPSA) is 112 Å². The SMILES string of the molecule is CCCCOC(=O)[C@@]1(O)C[C@@H]2O[C@H](COC(=O)/C=C/c3ccccc3)[C@H](O1)[C@@H]2O. The molecular formula is C21H26O8. The lowest BCUT2D eigenvalue weighted by atomic mass is 9.96. The van der Waals surface area contributed by atoms with Gasteiger partial charge in [-0.2, -0.15) is 0 Å². The smallest absolute Gasteiger partial charge is 0.366 e. The number of fused-ring (bicyclic) bond motifs is 2. The van der Waals surface area contributed by atoms with Crippen LogP contribution >= 0.6 is 0 Å². The van der Waals surface area contributed by atoms with Crippen molar-refractivity contribution >= 4 is 18.0 Å². The summed E-state index contributed by atoms with van der Waals surface area (Å²) in [5, 5.41) is 20.8. The van der Waals surface area contributed by atoms with Gasteiger partial charge < -0.3 is 29.2 Å². The molecule has 158 valence electrons. The number of rotatable bonds is 8. The molecule has 0 aliphatic carbocycles. The lowest BCUT2D eigenvalue weighted by Crippen LogP contribution is -2.56. The molecule has 2 aliphatic heterocycles. The predicted octanol–water partition coefficient (Wildman–Crippen LogP) is 1.19. The van der Waals surface area contributed by atoms with Crippen molar-refractivity contribution in [3.05, 3.63) is 42.0 Å². The van der Waals surface area contributed by atoms with E-state index in [0.29, 0.717) is 6.42 Å². The molecule has 2 fully saturated rings. The Kier molecular flexibility index (Phi) is 7.02. The van der Waals surface area contributed by atoms with Crippen LogP contribution in [0.5, 0.6) is 0 Å². The first kappa shape index (κ1) is 21.4. The molecule has 8 nitrogen and oxygen atoms in total. The maximum atomic E-state index is 12.2. The Labute approximate surface area is 169 Å². The van der Waals surface area contributed by atoms with Gasteiger partial charge in [0.15, 0.2) is 0 Å². The zero-order valence-electron chi connectivity index (χ0n) is 16.2. The van der Waals surface area contributed by atoms with Crippen LogP contribution in [-0.4, -0.2) is 65.6 Å². The molecule has 2 N–H and O–H groups in total. The number of hydrogen-bond acceptors (Lipinski definition) is 8. The van der Waals surface area contributed by atoms with E-state index in [0.717, 1.165) is 12.0 Å². The van der Waals surface area contributed by atoms with Gasteiger partial charge in [-0.05, 0) is 18.1 Å². The number of ether oxygens (including phenoxy) is 4. The average Bonchev–Trinajstić information content (AvgIpc) is 2.90. The summed E-state index contributed by atoms with van der Waals surface area (Å²) in [5.41, 5.74) is 0.850. The molecule has 0 saturated carbocycles. The predicted molar refractivity (Wildman–Crippen MR) is 101 cm³/mol. The van der Waals surface area contributed by atoms with Crippen molar-refractivity contribution < 1.29 is 38.7 Å². The van der Waals surface area contributed by atoms with Crippen LogP contribution in [0.25, 0.3) is 6.08 Å². The number of benzene rings is 1. The van der Waals surface area contributed by atoms with Crippen molar-refractivity contribution in [2.75, 3.05) is 13.2 Å². The molecular weight excluding hydrogens is 380 g/mol. The average molecular weight is 406 g/mol. The summed E-state index contributed by atoms with van der Waals surface area (Å²) in [6.07, 6.45) is 0.484. The molecule has 2 heterocycles. The van der Waals surface area contributed by atoms with Crippen LogP contribution in [0, 0.1) is 0 Å². The van der Waals surface area contributed by atoms with E-state index < -0.39 is 42.1 Å². The Morgan fingerprint density at radius 1 is 1.28 bits per heavy atom. The highest BCUT2D eigenvalue weighted by atomic mass is 16.7. The zero-order chi connectivity index (χ0) is 20.9. The highest BCUT2D eigenvalue weighted by molar-refractivity contribution is 5.87. The molecule has 2 saturated heterocycles. The third-order valence-electron chi connectivity index (χ3n) is 4.89. The lowest BCUT2D eigenvalue weighted by Gasteiger charge is -2.36. The summed E-state index contributed by atoms with van der Waals surface area (Å²) < 4.78 is 21.3. The summed E-state index contributed by atoms with van der Waals surface area (Å²) in [5.74, 6) is -3.67. The van der Waals surface area contributed by atoms with Gasteiger partial charge in [0.1, 0.15) is 24.9 Å². The Balaban J connectivity index is 1.54. The number of carbonyl (C=O) groups excluding carboxylic acids is 2. The first-order valence-electron chi connectivity index (χ1n) is 9.74. The third-order valence-corrected chi connectivity index (χ3v) is 4.89. The van der Waals surface area contributed by atoms with Crippen molar-refractivity contribution in [2.24, 2.45) is 0 Å². The monoisotopic (exact) mass is 406 g/mol. The van der Waals surface area contributed by atoms with Crippen molar-refractivity contribution in [3.63, 3.8) is 0 Å². The van der Waals surface area contributed by atoms with Gasteiger partial charge in [0.2, 0.25) is 0 Å². The van der Waals surface area contributed by atoms with E-state index in [1.165, 1.54) is 6.08 Å². The second kappa shape index (κ2) is 9.49. The molecule has 0 aromatic heterocycles. The number of esters is 2. The maximum Gasteiger partial charge on any atom is 0.366 e. The fraction of sp³-hybridized carbons (Fsp3) is 0.524. The standard InChI is InChI=1S/C21H26O8/c1-2-3-11-26-20(24)21(25)12-15-18(23)19(29-21)16(28-15)13-27-17(22)10-9-14-7-5-4-6-8-14/h4-10,15-16,18-19,23,25H,2-3,11-13H2,1H3/b10-9+/t15-,16+,18+,19-,21+/m0/s1. The van der Waals surface area contributed by atoms with Gasteiger partial charge in [-0.1, -0.05) is 43.7 Å². The summed E-state index contributed by atoms with van der Waals surface area (Å²) in [6, 6.07) is 9.27. The first-order valence-corrected chi connectivity index (χ1v) is 9.74. The van der Waals surface area contributed by atoms with Gasteiger partial charge in [-0.25, -0.2) is 9.59 Å². The lowest BCUT2D eigenvalue weighted by molar-refractivity contribution is -0.272. The van der Waals surface area contributed by atoms with Crippen molar-refractivity contribution in [2.45, 2.75) is 56.4 Å². The minimum atomic E-state index is -2.19. The van der Waals surface area contributed by atoms with Crippen LogP contribution < -0.4 is 0 Å². The Hall–Kier alpha value is -2.26. The molecule has 2 aliphatic rings. The summed E-state index contributed by atoms with van der Waals surface area (Å²) in [7, 11) is 0. The van der Waals surface area contributed by atoms with Gasteiger partial charge in [-0.15, -0.1) is 0 Å². The van der Waals surface area contributed by atoms with Gasteiger partial charge in [-0.3, -0.25) is 0 Å². The van der Waals surface area contributed by atoms with Crippen LogP contribution in [-0.2, 0) is 28.5 Å². The number of hydrogen-bond donors (Lipinski definition) is 2. The van der Waals surface area contributed by atoms with E-state index in [-0.39, 0.29) is 19.6 Å². The molecule has 0 radical (unpaired) electrons. The fourth-order valence-electron chi connectivity index (χ4n) is 3.30. The summed E-state index contributed by atoms with van der Waals surface area (Å²) >= 11 is 0. The molecule has 0 amide bonds. The number of aliphatic hydroxyl groups excluding tert-OH is 1. The molecule has 29 heavy (non-hydrogen) atoms. The Bertz CT molecular complexity index is 733. The van der Waals surface area contributed by atoms with Crippen LogP contribution in [0.15, 0.2) is 36.4 Å². The second-order valence-corrected chi connectivity index (χ2v) is 7.14. The van der Waals surface area contributed by atoms with Crippen LogP contribution in [0.3, 0.4) is 0 Å². The first-order chi connectivity index (χ1) is 13.9. The highest BCUT2D eigenvalue weighted by Gasteiger charge is 2.59. The van der Waals surface area contributed by atoms with E-state index >= 15 is 0 Å². The molecule has 1 aromatic rings. The van der Waals surface area contributed by atoms with Gasteiger partial charge >= 0.3 is 11.9 Å². The van der Waals surface area contributed by atoms with E-state index in [2.05, 4.69) is 0 Å². The van der Waals surface area contributed by atoms with Crippen molar-refractivity contribution in [1.29, 1.82) is 0 Å². The van der Waals surface area contributed by atoms with Crippen LogP contribution in [0.4, 0.5) is 0 Å². The third kappa shape index (κ3) is 5.22. The molecule has 5 atom stereocenters. The van der Waals surface area contributed by atoms with E-state index in [9.17, 15) is 19.8 Å². The summed E-state index contributed by atoms with van der Waals surface area (Å²) in [6.45, 7) is 1.94. The Morgan fingerprint density at radius 3 is 2.76 bits per heavy atom.